The molecule has 2 rings (SSSR count). The van der Waals surface area contributed by atoms with Gasteiger partial charge < -0.3 is 5.32 Å². The highest BCUT2D eigenvalue weighted by molar-refractivity contribution is 9.11. The molecule has 0 radical (unpaired) electrons. The lowest BCUT2D eigenvalue weighted by molar-refractivity contribution is 0.0947. The van der Waals surface area contributed by atoms with Crippen LogP contribution in [-0.4, -0.2) is 5.91 Å². The molecular formula is C13H11BrFNOS. The Hall–Kier alpha value is -1.20. The fourth-order valence-corrected chi connectivity index (χ4v) is 2.95. The largest absolute Gasteiger partial charge is 0.347 e. The molecule has 1 aromatic heterocycles. The summed E-state index contributed by atoms with van der Waals surface area (Å²) in [4.78, 5) is 12.9. The van der Waals surface area contributed by atoms with Crippen molar-refractivity contribution in [2.45, 2.75) is 13.5 Å². The number of rotatable bonds is 3. The summed E-state index contributed by atoms with van der Waals surface area (Å²) >= 11 is 4.89. The number of nitrogens with one attached hydrogen (secondary N) is 1. The highest BCUT2D eigenvalue weighted by Gasteiger charge is 2.11. The fourth-order valence-electron chi connectivity index (χ4n) is 1.52. The first-order valence-corrected chi connectivity index (χ1v) is 6.96. The number of aryl methyl sites for hydroxylation is 1. The summed E-state index contributed by atoms with van der Waals surface area (Å²) in [6.07, 6.45) is 0. The van der Waals surface area contributed by atoms with Crippen molar-refractivity contribution < 1.29 is 9.18 Å². The minimum Gasteiger partial charge on any atom is -0.347 e. The van der Waals surface area contributed by atoms with E-state index in [1.54, 1.807) is 23.5 Å². The van der Waals surface area contributed by atoms with Gasteiger partial charge in [0, 0.05) is 4.88 Å². The van der Waals surface area contributed by atoms with Gasteiger partial charge in [0.1, 0.15) is 5.82 Å². The lowest BCUT2D eigenvalue weighted by Crippen LogP contribution is -2.23. The fraction of sp³-hybridized carbons (Fsp3) is 0.154. The summed E-state index contributed by atoms with van der Waals surface area (Å²) in [5.41, 5.74) is 0.950. The van der Waals surface area contributed by atoms with Gasteiger partial charge in [0.25, 0.3) is 5.91 Å². The molecule has 1 amide bonds. The standard InChI is InChI=1S/C13H11BrFNOS/c1-8-2-4-11(15)10(6-8)13(17)16-7-9-3-5-12(14)18-9/h2-6H,7H2,1H3,(H,16,17). The topological polar surface area (TPSA) is 29.1 Å². The van der Waals surface area contributed by atoms with Gasteiger partial charge in [-0.15, -0.1) is 11.3 Å². The van der Waals surface area contributed by atoms with Crippen LogP contribution in [0.5, 0.6) is 0 Å². The molecule has 0 aliphatic heterocycles. The second-order valence-electron chi connectivity index (χ2n) is 3.87. The van der Waals surface area contributed by atoms with E-state index in [-0.39, 0.29) is 11.5 Å². The van der Waals surface area contributed by atoms with Crippen LogP contribution in [0.1, 0.15) is 20.8 Å². The van der Waals surface area contributed by atoms with E-state index >= 15 is 0 Å². The van der Waals surface area contributed by atoms with E-state index < -0.39 is 5.82 Å². The van der Waals surface area contributed by atoms with Crippen LogP contribution >= 0.6 is 27.3 Å². The van der Waals surface area contributed by atoms with Crippen LogP contribution in [0.15, 0.2) is 34.1 Å². The molecule has 94 valence electrons. The second kappa shape index (κ2) is 5.63. The van der Waals surface area contributed by atoms with E-state index in [0.717, 1.165) is 14.2 Å². The second-order valence-corrected chi connectivity index (χ2v) is 6.42. The summed E-state index contributed by atoms with van der Waals surface area (Å²) in [6, 6.07) is 8.34. The molecule has 0 aliphatic carbocycles. The summed E-state index contributed by atoms with van der Waals surface area (Å²) in [6.45, 7) is 2.23. The molecular weight excluding hydrogens is 317 g/mol. The van der Waals surface area contributed by atoms with Crippen molar-refractivity contribution in [3.8, 4) is 0 Å². The molecule has 0 saturated carbocycles. The molecule has 0 fully saturated rings. The number of thiophene rings is 1. The van der Waals surface area contributed by atoms with E-state index in [1.165, 1.54) is 6.07 Å². The Balaban J connectivity index is 2.05. The third-order valence-corrected chi connectivity index (χ3v) is 4.04. The van der Waals surface area contributed by atoms with Crippen LogP contribution < -0.4 is 5.32 Å². The first-order valence-electron chi connectivity index (χ1n) is 5.35. The van der Waals surface area contributed by atoms with Gasteiger partial charge in [0.05, 0.1) is 15.9 Å². The molecule has 0 saturated heterocycles. The van der Waals surface area contributed by atoms with Crippen molar-refractivity contribution in [1.82, 2.24) is 5.32 Å². The van der Waals surface area contributed by atoms with Gasteiger partial charge in [-0.25, -0.2) is 4.39 Å². The van der Waals surface area contributed by atoms with Gasteiger partial charge in [-0.1, -0.05) is 11.6 Å². The van der Waals surface area contributed by atoms with Crippen LogP contribution in [0, 0.1) is 12.7 Å². The lowest BCUT2D eigenvalue weighted by atomic mass is 10.1. The van der Waals surface area contributed by atoms with Crippen LogP contribution in [0.25, 0.3) is 0 Å². The molecule has 0 bridgehead atoms. The van der Waals surface area contributed by atoms with Crippen LogP contribution in [-0.2, 0) is 6.54 Å². The van der Waals surface area contributed by atoms with Crippen molar-refractivity contribution in [2.75, 3.05) is 0 Å². The Labute approximate surface area is 117 Å². The van der Waals surface area contributed by atoms with E-state index in [2.05, 4.69) is 21.2 Å². The van der Waals surface area contributed by atoms with E-state index in [0.29, 0.717) is 6.54 Å². The number of hydrogen-bond acceptors (Lipinski definition) is 2. The van der Waals surface area contributed by atoms with Crippen molar-refractivity contribution in [3.05, 3.63) is 55.9 Å². The van der Waals surface area contributed by atoms with E-state index in [1.807, 2.05) is 19.1 Å². The first kappa shape index (κ1) is 13.2. The SMILES string of the molecule is Cc1ccc(F)c(C(=O)NCc2ccc(Br)s2)c1. The summed E-state index contributed by atoms with van der Waals surface area (Å²) in [5.74, 6) is -0.883. The first-order chi connectivity index (χ1) is 8.56. The molecule has 2 aromatic rings. The van der Waals surface area contributed by atoms with Gasteiger partial charge in [-0.05, 0) is 47.1 Å². The predicted octanol–water partition coefficient (Wildman–Crippen LogP) is 3.89. The zero-order valence-electron chi connectivity index (χ0n) is 9.67. The minimum atomic E-state index is -0.495. The maximum Gasteiger partial charge on any atom is 0.254 e. The Morgan fingerprint density at radius 2 is 2.17 bits per heavy atom. The molecule has 2 nitrogen and oxygen atoms in total. The molecule has 1 N–H and O–H groups in total. The summed E-state index contributed by atoms with van der Waals surface area (Å²) in [7, 11) is 0. The van der Waals surface area contributed by atoms with Gasteiger partial charge >= 0.3 is 0 Å². The lowest BCUT2D eigenvalue weighted by Gasteiger charge is -2.05. The number of carbonyl (C=O) groups excluding carboxylic acids is 1. The molecule has 0 spiro atoms. The van der Waals surface area contributed by atoms with Crippen molar-refractivity contribution in [2.24, 2.45) is 0 Å². The zero-order valence-corrected chi connectivity index (χ0v) is 12.1. The van der Waals surface area contributed by atoms with E-state index in [4.69, 9.17) is 0 Å². The van der Waals surface area contributed by atoms with Crippen molar-refractivity contribution in [3.63, 3.8) is 0 Å². The number of amides is 1. The summed E-state index contributed by atoms with van der Waals surface area (Å²) < 4.78 is 14.5. The molecule has 0 atom stereocenters. The van der Waals surface area contributed by atoms with Crippen molar-refractivity contribution in [1.29, 1.82) is 0 Å². The Bertz CT molecular complexity index is 582. The average molecular weight is 328 g/mol. The monoisotopic (exact) mass is 327 g/mol. The average Bonchev–Trinajstić information content (AvgIpc) is 2.75. The molecule has 1 heterocycles. The normalized spacial score (nSPS) is 10.4. The van der Waals surface area contributed by atoms with Crippen LogP contribution in [0.3, 0.4) is 0 Å². The number of carbonyl (C=O) groups is 1. The third-order valence-electron chi connectivity index (χ3n) is 2.42. The highest BCUT2D eigenvalue weighted by Crippen LogP contribution is 2.21. The van der Waals surface area contributed by atoms with Crippen LogP contribution in [0.4, 0.5) is 4.39 Å². The maximum atomic E-state index is 13.5. The van der Waals surface area contributed by atoms with Gasteiger partial charge in [0.15, 0.2) is 0 Å². The Morgan fingerprint density at radius 3 is 2.83 bits per heavy atom. The number of hydrogen-bond donors (Lipinski definition) is 1. The molecule has 5 heteroatoms. The van der Waals surface area contributed by atoms with Gasteiger partial charge in [-0.2, -0.15) is 0 Å². The minimum absolute atomic E-state index is 0.0885. The smallest absolute Gasteiger partial charge is 0.254 e. The number of halogens is 2. The van der Waals surface area contributed by atoms with Crippen LogP contribution in [0.2, 0.25) is 0 Å². The maximum absolute atomic E-state index is 13.5. The zero-order chi connectivity index (χ0) is 13.1. The van der Waals surface area contributed by atoms with Gasteiger partial charge in [0.2, 0.25) is 0 Å². The third kappa shape index (κ3) is 3.17. The Morgan fingerprint density at radius 1 is 1.39 bits per heavy atom. The summed E-state index contributed by atoms with van der Waals surface area (Å²) in [5, 5.41) is 2.71. The molecule has 18 heavy (non-hydrogen) atoms. The molecule has 0 aliphatic rings. The van der Waals surface area contributed by atoms with E-state index in [9.17, 15) is 9.18 Å². The van der Waals surface area contributed by atoms with Gasteiger partial charge in [-0.3, -0.25) is 4.79 Å². The number of benzene rings is 1. The molecule has 1 aromatic carbocycles. The Kier molecular flexibility index (Phi) is 4.14. The highest BCUT2D eigenvalue weighted by atomic mass is 79.9. The quantitative estimate of drug-likeness (QED) is 0.910. The molecule has 0 unspecified atom stereocenters. The van der Waals surface area contributed by atoms with Crippen molar-refractivity contribution >= 4 is 33.2 Å². The predicted molar refractivity (Wildman–Crippen MR) is 74.3 cm³/mol.